The van der Waals surface area contributed by atoms with Crippen LogP contribution in [0.25, 0.3) is 0 Å². The summed E-state index contributed by atoms with van der Waals surface area (Å²) in [7, 11) is 0. The first-order chi connectivity index (χ1) is 12.2. The van der Waals surface area contributed by atoms with Crippen molar-refractivity contribution >= 4 is 17.6 Å². The molecule has 1 fully saturated rings. The highest BCUT2D eigenvalue weighted by molar-refractivity contribution is 5.89. The highest BCUT2D eigenvalue weighted by Gasteiger charge is 2.24. The van der Waals surface area contributed by atoms with Crippen LogP contribution in [-0.4, -0.2) is 36.5 Å². The number of benzene rings is 1. The maximum absolute atomic E-state index is 12.7. The topological polar surface area (TPSA) is 70.7 Å². The number of rotatable bonds is 4. The Morgan fingerprint density at radius 3 is 2.84 bits per heavy atom. The monoisotopic (exact) mass is 345 g/mol. The molecule has 0 atom stereocenters. The van der Waals surface area contributed by atoms with E-state index in [2.05, 4.69) is 10.6 Å². The first kappa shape index (κ1) is 17.6. The number of ether oxygens (including phenoxy) is 1. The fourth-order valence-electron chi connectivity index (χ4n) is 3.61. The molecule has 1 aliphatic heterocycles. The zero-order valence-corrected chi connectivity index (χ0v) is 14.8. The summed E-state index contributed by atoms with van der Waals surface area (Å²) in [5.74, 6) is 1.55. The Bertz CT molecular complexity index is 626. The highest BCUT2D eigenvalue weighted by atomic mass is 16.5. The molecule has 6 nitrogen and oxygen atoms in total. The smallest absolute Gasteiger partial charge is 0.319 e. The molecule has 1 aromatic rings. The molecule has 0 spiro atoms. The average molecular weight is 345 g/mol. The first-order valence-electron chi connectivity index (χ1n) is 9.24. The Labute approximate surface area is 148 Å². The van der Waals surface area contributed by atoms with Gasteiger partial charge in [-0.15, -0.1) is 0 Å². The van der Waals surface area contributed by atoms with Gasteiger partial charge in [-0.3, -0.25) is 4.79 Å². The average Bonchev–Trinajstić information content (AvgIpc) is 2.99. The lowest BCUT2D eigenvalue weighted by atomic mass is 10.0. The SMILES string of the molecule is CCNC(=O)Nc1ccc2c(c1)CN(C(=O)CC1CCCC1)CCO2. The number of urea groups is 1. The normalized spacial score (nSPS) is 17.4. The number of nitrogens with one attached hydrogen (secondary N) is 2. The lowest BCUT2D eigenvalue weighted by molar-refractivity contribution is -0.132. The first-order valence-corrected chi connectivity index (χ1v) is 9.24. The van der Waals surface area contributed by atoms with Crippen molar-refractivity contribution in [3.05, 3.63) is 23.8 Å². The Balaban J connectivity index is 1.67. The number of anilines is 1. The third-order valence-electron chi connectivity index (χ3n) is 4.93. The number of carbonyl (C=O) groups excluding carboxylic acids is 2. The molecule has 2 N–H and O–H groups in total. The largest absolute Gasteiger partial charge is 0.491 e. The minimum absolute atomic E-state index is 0.213. The number of hydrogen-bond donors (Lipinski definition) is 2. The van der Waals surface area contributed by atoms with Crippen LogP contribution in [0.2, 0.25) is 0 Å². The van der Waals surface area contributed by atoms with Gasteiger partial charge in [0, 0.05) is 30.8 Å². The zero-order valence-electron chi connectivity index (χ0n) is 14.8. The van der Waals surface area contributed by atoms with Crippen molar-refractivity contribution in [1.82, 2.24) is 10.2 Å². The number of hydrogen-bond acceptors (Lipinski definition) is 3. The van der Waals surface area contributed by atoms with Gasteiger partial charge in [0.05, 0.1) is 6.54 Å². The third kappa shape index (κ3) is 4.65. The fourth-order valence-corrected chi connectivity index (χ4v) is 3.61. The van der Waals surface area contributed by atoms with Crippen LogP contribution < -0.4 is 15.4 Å². The van der Waals surface area contributed by atoms with Crippen molar-refractivity contribution < 1.29 is 14.3 Å². The van der Waals surface area contributed by atoms with E-state index in [9.17, 15) is 9.59 Å². The van der Waals surface area contributed by atoms with Crippen molar-refractivity contribution in [3.8, 4) is 5.75 Å². The summed E-state index contributed by atoms with van der Waals surface area (Å²) in [5.41, 5.74) is 1.64. The van der Waals surface area contributed by atoms with Gasteiger partial charge in [-0.05, 0) is 43.9 Å². The number of amides is 3. The Hall–Kier alpha value is -2.24. The van der Waals surface area contributed by atoms with E-state index >= 15 is 0 Å². The third-order valence-corrected chi connectivity index (χ3v) is 4.93. The van der Waals surface area contributed by atoms with Gasteiger partial charge in [0.25, 0.3) is 0 Å². The van der Waals surface area contributed by atoms with Crippen LogP contribution in [0.15, 0.2) is 18.2 Å². The lowest BCUT2D eigenvalue weighted by Gasteiger charge is -2.22. The Morgan fingerprint density at radius 2 is 2.08 bits per heavy atom. The second kappa shape index (κ2) is 8.23. The van der Waals surface area contributed by atoms with Crippen LogP contribution >= 0.6 is 0 Å². The molecule has 3 rings (SSSR count). The van der Waals surface area contributed by atoms with Gasteiger partial charge >= 0.3 is 6.03 Å². The fraction of sp³-hybridized carbons (Fsp3) is 0.579. The molecule has 0 radical (unpaired) electrons. The van der Waals surface area contributed by atoms with Crippen LogP contribution in [0.1, 0.15) is 44.6 Å². The molecule has 0 aromatic heterocycles. The summed E-state index contributed by atoms with van der Waals surface area (Å²) in [6, 6.07) is 5.35. The summed E-state index contributed by atoms with van der Waals surface area (Å²) in [4.78, 5) is 26.2. The van der Waals surface area contributed by atoms with E-state index < -0.39 is 0 Å². The van der Waals surface area contributed by atoms with E-state index in [4.69, 9.17) is 4.74 Å². The molecule has 136 valence electrons. The van der Waals surface area contributed by atoms with Crippen molar-refractivity contribution in [2.24, 2.45) is 5.92 Å². The van der Waals surface area contributed by atoms with E-state index in [1.165, 1.54) is 25.7 Å². The van der Waals surface area contributed by atoms with Crippen LogP contribution in [-0.2, 0) is 11.3 Å². The number of nitrogens with zero attached hydrogens (tertiary/aromatic N) is 1. The van der Waals surface area contributed by atoms with Gasteiger partial charge in [0.1, 0.15) is 12.4 Å². The molecule has 25 heavy (non-hydrogen) atoms. The molecule has 3 amide bonds. The quantitative estimate of drug-likeness (QED) is 0.881. The van der Waals surface area contributed by atoms with E-state index in [0.717, 1.165) is 11.3 Å². The minimum Gasteiger partial charge on any atom is -0.491 e. The summed E-state index contributed by atoms with van der Waals surface area (Å²) in [5, 5.41) is 5.52. The lowest BCUT2D eigenvalue weighted by Crippen LogP contribution is -2.33. The Kier molecular flexibility index (Phi) is 5.79. The summed E-state index contributed by atoms with van der Waals surface area (Å²) in [6.45, 7) is 4.10. The predicted molar refractivity (Wildman–Crippen MR) is 96.6 cm³/mol. The molecule has 0 unspecified atom stereocenters. The molecule has 2 aliphatic rings. The Morgan fingerprint density at radius 1 is 1.28 bits per heavy atom. The van der Waals surface area contributed by atoms with Gasteiger partial charge in [-0.2, -0.15) is 0 Å². The van der Waals surface area contributed by atoms with Crippen molar-refractivity contribution in [2.45, 2.75) is 45.6 Å². The standard InChI is InChI=1S/C19H27N3O3/c1-2-20-19(24)21-16-7-8-17-15(12-16)13-22(9-10-25-17)18(23)11-14-5-3-4-6-14/h7-8,12,14H,2-6,9-11,13H2,1H3,(H2,20,21,24). The van der Waals surface area contributed by atoms with E-state index in [0.29, 0.717) is 44.3 Å². The highest BCUT2D eigenvalue weighted by Crippen LogP contribution is 2.30. The van der Waals surface area contributed by atoms with Gasteiger partial charge in [0.15, 0.2) is 0 Å². The number of carbonyl (C=O) groups is 2. The minimum atomic E-state index is -0.230. The summed E-state index contributed by atoms with van der Waals surface area (Å²) < 4.78 is 5.78. The van der Waals surface area contributed by atoms with Gasteiger partial charge in [-0.1, -0.05) is 12.8 Å². The molecular formula is C19H27N3O3. The van der Waals surface area contributed by atoms with Crippen molar-refractivity contribution in [1.29, 1.82) is 0 Å². The van der Waals surface area contributed by atoms with E-state index in [-0.39, 0.29) is 11.9 Å². The molecule has 1 aromatic carbocycles. The molecule has 1 aliphatic carbocycles. The van der Waals surface area contributed by atoms with E-state index in [1.807, 2.05) is 30.0 Å². The number of fused-ring (bicyclic) bond motifs is 1. The van der Waals surface area contributed by atoms with Gasteiger partial charge in [-0.25, -0.2) is 4.79 Å². The van der Waals surface area contributed by atoms with Crippen LogP contribution in [0.4, 0.5) is 10.5 Å². The van der Waals surface area contributed by atoms with E-state index in [1.54, 1.807) is 0 Å². The second-order valence-corrected chi connectivity index (χ2v) is 6.83. The molecule has 6 heteroatoms. The summed E-state index contributed by atoms with van der Waals surface area (Å²) >= 11 is 0. The molecule has 1 heterocycles. The zero-order chi connectivity index (χ0) is 17.6. The van der Waals surface area contributed by atoms with Gasteiger partial charge < -0.3 is 20.3 Å². The van der Waals surface area contributed by atoms with Crippen molar-refractivity contribution in [2.75, 3.05) is 25.0 Å². The van der Waals surface area contributed by atoms with Crippen molar-refractivity contribution in [3.63, 3.8) is 0 Å². The van der Waals surface area contributed by atoms with Crippen LogP contribution in [0.3, 0.4) is 0 Å². The molecule has 0 bridgehead atoms. The second-order valence-electron chi connectivity index (χ2n) is 6.83. The molecule has 0 saturated heterocycles. The van der Waals surface area contributed by atoms with Crippen LogP contribution in [0.5, 0.6) is 5.75 Å². The summed E-state index contributed by atoms with van der Waals surface area (Å²) in [6.07, 6.45) is 5.49. The molecular weight excluding hydrogens is 318 g/mol. The van der Waals surface area contributed by atoms with Crippen LogP contribution in [0, 0.1) is 5.92 Å². The predicted octanol–water partition coefficient (Wildman–Crippen LogP) is 3.13. The maximum Gasteiger partial charge on any atom is 0.319 e. The maximum atomic E-state index is 12.7. The van der Waals surface area contributed by atoms with Gasteiger partial charge in [0.2, 0.25) is 5.91 Å². The molecule has 1 saturated carbocycles.